The first-order valence-electron chi connectivity index (χ1n) is 13.3. The van der Waals surface area contributed by atoms with Gasteiger partial charge in [0.25, 0.3) is 5.56 Å². The maximum atomic E-state index is 14.1. The van der Waals surface area contributed by atoms with E-state index in [1.54, 1.807) is 0 Å². The van der Waals surface area contributed by atoms with Crippen molar-refractivity contribution >= 4 is 17.7 Å². The second kappa shape index (κ2) is 11.0. The lowest BCUT2D eigenvalue weighted by atomic mass is 9.62. The van der Waals surface area contributed by atoms with Crippen molar-refractivity contribution < 1.29 is 4.79 Å². The predicted molar refractivity (Wildman–Crippen MR) is 147 cm³/mol. The standard InChI is InChI=1S/C30H35N3O2S/c1-2-19-33-28(35)26-27(24-14-8-7-13-23(24)20-30(26)16-9-4-10-17-30)32-29(33)36-21-25(34)31-18-15-22-11-5-3-6-12-22/h3,5-8,11-14H,2,4,9-10,15-21H2,1H3,(H,31,34). The van der Waals surface area contributed by atoms with Crippen LogP contribution in [0, 0.1) is 0 Å². The molecule has 36 heavy (non-hydrogen) atoms. The second-order valence-electron chi connectivity index (χ2n) is 10.1. The molecule has 0 bridgehead atoms. The molecule has 6 heteroatoms. The van der Waals surface area contributed by atoms with Crippen molar-refractivity contribution in [3.8, 4) is 11.3 Å². The number of rotatable bonds is 8. The van der Waals surface area contributed by atoms with Crippen molar-refractivity contribution in [2.24, 2.45) is 0 Å². The van der Waals surface area contributed by atoms with Crippen LogP contribution in [-0.4, -0.2) is 27.8 Å². The molecule has 1 amide bonds. The van der Waals surface area contributed by atoms with Crippen molar-refractivity contribution in [1.29, 1.82) is 0 Å². The molecule has 0 aliphatic heterocycles. The molecule has 5 nitrogen and oxygen atoms in total. The predicted octanol–water partition coefficient (Wildman–Crippen LogP) is 5.53. The quantitative estimate of drug-likeness (QED) is 0.326. The van der Waals surface area contributed by atoms with Gasteiger partial charge in [0.05, 0.1) is 17.0 Å². The van der Waals surface area contributed by atoms with Crippen LogP contribution in [-0.2, 0) is 29.6 Å². The van der Waals surface area contributed by atoms with Crippen molar-refractivity contribution in [3.05, 3.63) is 81.6 Å². The summed E-state index contributed by atoms with van der Waals surface area (Å²) >= 11 is 1.38. The molecule has 5 rings (SSSR count). The highest BCUT2D eigenvalue weighted by Crippen LogP contribution is 2.48. The molecule has 1 N–H and O–H groups in total. The fraction of sp³-hybridized carbons (Fsp3) is 0.433. The molecule has 188 valence electrons. The summed E-state index contributed by atoms with van der Waals surface area (Å²) in [5, 5.41) is 3.67. The molecule has 2 aliphatic rings. The van der Waals surface area contributed by atoms with Crippen LogP contribution in [0.5, 0.6) is 0 Å². The summed E-state index contributed by atoms with van der Waals surface area (Å²) in [7, 11) is 0. The molecule has 2 aliphatic carbocycles. The maximum Gasteiger partial charge on any atom is 0.258 e. The summed E-state index contributed by atoms with van der Waals surface area (Å²) < 4.78 is 1.84. The maximum absolute atomic E-state index is 14.1. The number of amides is 1. The lowest BCUT2D eigenvalue weighted by Crippen LogP contribution is -2.43. The third-order valence-corrected chi connectivity index (χ3v) is 8.61. The Labute approximate surface area is 217 Å². The van der Waals surface area contributed by atoms with Gasteiger partial charge in [-0.15, -0.1) is 0 Å². The van der Waals surface area contributed by atoms with Crippen LogP contribution >= 0.6 is 11.8 Å². The normalized spacial score (nSPS) is 15.8. The SMILES string of the molecule is CCCn1c(SCC(=O)NCCc2ccccc2)nc2c(c1=O)C1(CCCCC1)Cc1ccccc1-2. The Bertz CT molecular complexity index is 1280. The summed E-state index contributed by atoms with van der Waals surface area (Å²) in [5.74, 6) is 0.214. The van der Waals surface area contributed by atoms with Gasteiger partial charge < -0.3 is 5.32 Å². The molecular formula is C30H35N3O2S. The van der Waals surface area contributed by atoms with Gasteiger partial charge in [0.1, 0.15) is 0 Å². The highest BCUT2D eigenvalue weighted by Gasteiger charge is 2.43. The number of benzene rings is 2. The summed E-state index contributed by atoms with van der Waals surface area (Å²) in [6.07, 6.45) is 8.23. The number of carbonyl (C=O) groups excluding carboxylic acids is 1. The van der Waals surface area contributed by atoms with Gasteiger partial charge in [-0.25, -0.2) is 4.98 Å². The molecule has 0 unspecified atom stereocenters. The number of fused-ring (bicyclic) bond motifs is 4. The van der Waals surface area contributed by atoms with Crippen LogP contribution in [0.3, 0.4) is 0 Å². The summed E-state index contributed by atoms with van der Waals surface area (Å²) in [6, 6.07) is 18.6. The zero-order valence-corrected chi connectivity index (χ0v) is 21.9. The van der Waals surface area contributed by atoms with E-state index in [-0.39, 0.29) is 22.6 Å². The Kier molecular flexibility index (Phi) is 7.61. The molecule has 2 aromatic carbocycles. The molecule has 0 radical (unpaired) electrons. The fourth-order valence-corrected chi connectivity index (χ4v) is 6.77. The number of nitrogens with one attached hydrogen (secondary N) is 1. The van der Waals surface area contributed by atoms with Crippen LogP contribution in [0.2, 0.25) is 0 Å². The van der Waals surface area contributed by atoms with Crippen molar-refractivity contribution in [1.82, 2.24) is 14.9 Å². The van der Waals surface area contributed by atoms with Gasteiger partial charge in [0.15, 0.2) is 5.16 Å². The Balaban J connectivity index is 1.42. The number of aromatic nitrogens is 2. The van der Waals surface area contributed by atoms with Crippen LogP contribution in [0.25, 0.3) is 11.3 Å². The average Bonchev–Trinajstić information content (AvgIpc) is 2.90. The van der Waals surface area contributed by atoms with Gasteiger partial charge >= 0.3 is 0 Å². The Morgan fingerprint density at radius 3 is 2.58 bits per heavy atom. The first-order chi connectivity index (χ1) is 17.6. The molecule has 1 spiro atoms. The van der Waals surface area contributed by atoms with Crippen LogP contribution in [0.1, 0.15) is 62.1 Å². The number of thioether (sulfide) groups is 1. The minimum atomic E-state index is -0.112. The van der Waals surface area contributed by atoms with Gasteiger partial charge in [-0.1, -0.05) is 92.5 Å². The Hall–Kier alpha value is -2.86. The van der Waals surface area contributed by atoms with Crippen LogP contribution < -0.4 is 10.9 Å². The zero-order valence-electron chi connectivity index (χ0n) is 21.1. The van der Waals surface area contributed by atoms with E-state index in [0.717, 1.165) is 61.8 Å². The lowest BCUT2D eigenvalue weighted by Gasteiger charge is -2.42. The van der Waals surface area contributed by atoms with E-state index >= 15 is 0 Å². The first-order valence-corrected chi connectivity index (χ1v) is 14.3. The number of hydrogen-bond donors (Lipinski definition) is 1. The molecule has 1 aromatic heterocycles. The minimum Gasteiger partial charge on any atom is -0.355 e. The Morgan fingerprint density at radius 2 is 1.81 bits per heavy atom. The van der Waals surface area contributed by atoms with Crippen molar-refractivity contribution in [2.45, 2.75) is 75.4 Å². The van der Waals surface area contributed by atoms with E-state index in [4.69, 9.17) is 4.98 Å². The molecule has 0 atom stereocenters. The lowest BCUT2D eigenvalue weighted by molar-refractivity contribution is -0.118. The van der Waals surface area contributed by atoms with E-state index in [9.17, 15) is 9.59 Å². The molecule has 3 aromatic rings. The van der Waals surface area contributed by atoms with Crippen molar-refractivity contribution in [3.63, 3.8) is 0 Å². The third kappa shape index (κ3) is 5.01. The van der Waals surface area contributed by atoms with Gasteiger partial charge in [-0.3, -0.25) is 14.2 Å². The fourth-order valence-electron chi connectivity index (χ4n) is 5.92. The van der Waals surface area contributed by atoms with E-state index in [1.165, 1.54) is 29.3 Å². The first kappa shape index (κ1) is 24.8. The van der Waals surface area contributed by atoms with E-state index in [2.05, 4.69) is 42.6 Å². The third-order valence-electron chi connectivity index (χ3n) is 7.63. The van der Waals surface area contributed by atoms with Gasteiger partial charge in [-0.2, -0.15) is 0 Å². The highest BCUT2D eigenvalue weighted by molar-refractivity contribution is 7.99. The summed E-state index contributed by atoms with van der Waals surface area (Å²) in [6.45, 7) is 3.30. The van der Waals surface area contributed by atoms with Crippen LogP contribution in [0.4, 0.5) is 0 Å². The topological polar surface area (TPSA) is 64.0 Å². The van der Waals surface area contributed by atoms with E-state index < -0.39 is 0 Å². The molecule has 1 saturated carbocycles. The molecule has 0 saturated heterocycles. The molecule has 1 heterocycles. The van der Waals surface area contributed by atoms with E-state index in [0.29, 0.717) is 18.2 Å². The second-order valence-corrected chi connectivity index (χ2v) is 11.1. The summed E-state index contributed by atoms with van der Waals surface area (Å²) in [4.78, 5) is 31.9. The van der Waals surface area contributed by atoms with Crippen LogP contribution in [0.15, 0.2) is 64.5 Å². The number of carbonyl (C=O) groups is 1. The van der Waals surface area contributed by atoms with E-state index in [1.807, 2.05) is 28.8 Å². The monoisotopic (exact) mass is 501 g/mol. The summed E-state index contributed by atoms with van der Waals surface area (Å²) in [5.41, 5.74) is 5.34. The Morgan fingerprint density at radius 1 is 1.06 bits per heavy atom. The van der Waals surface area contributed by atoms with Gasteiger partial charge in [0.2, 0.25) is 5.91 Å². The average molecular weight is 502 g/mol. The van der Waals surface area contributed by atoms with Gasteiger partial charge in [0, 0.05) is 24.1 Å². The molecular weight excluding hydrogens is 466 g/mol. The smallest absolute Gasteiger partial charge is 0.258 e. The zero-order chi connectivity index (χ0) is 25.0. The molecule has 1 fully saturated rings. The number of nitrogens with zero attached hydrogens (tertiary/aromatic N) is 2. The minimum absolute atomic E-state index is 0.0323. The highest BCUT2D eigenvalue weighted by atomic mass is 32.2. The number of hydrogen-bond acceptors (Lipinski definition) is 4. The van der Waals surface area contributed by atoms with Crippen molar-refractivity contribution in [2.75, 3.05) is 12.3 Å². The van der Waals surface area contributed by atoms with Gasteiger partial charge in [-0.05, 0) is 43.2 Å². The largest absolute Gasteiger partial charge is 0.355 e.